The minimum Gasteiger partial charge on any atom is -0.462 e. The predicted octanol–water partition coefficient (Wildman–Crippen LogP) is 8.02. The SMILES string of the molecule is C=CC(=O)OCOc1ccc(C(=O)OCCc2ccc(C(=O)OCCc3ccc(OC(=O)c4ccc(OCOC(=O)C=C)c(OCOC(=O)C=C)c4)c(/C=N/Nc4nc5ccccc5s4)c3)cc2)cc1OCOC(=O)C=C. The molecule has 0 aliphatic heterocycles. The van der Waals surface area contributed by atoms with Gasteiger partial charge in [0.15, 0.2) is 23.0 Å². The monoisotopic (exact) mass is 1070 g/mol. The molecule has 5 aromatic carbocycles. The Morgan fingerprint density at radius 2 is 0.948 bits per heavy atom. The van der Waals surface area contributed by atoms with Gasteiger partial charge in [0.05, 0.1) is 46.3 Å². The number of thiazole rings is 1. The Morgan fingerprint density at radius 1 is 0.494 bits per heavy atom. The summed E-state index contributed by atoms with van der Waals surface area (Å²) >= 11 is 1.39. The highest BCUT2D eigenvalue weighted by molar-refractivity contribution is 7.22. The van der Waals surface area contributed by atoms with Crippen molar-refractivity contribution < 1.29 is 85.7 Å². The number of rotatable bonds is 29. The molecule has 0 aliphatic carbocycles. The first-order valence-electron chi connectivity index (χ1n) is 22.7. The average molecular weight is 1070 g/mol. The number of anilines is 1. The van der Waals surface area contributed by atoms with Crippen LogP contribution >= 0.6 is 11.3 Å². The molecule has 0 fully saturated rings. The Hall–Kier alpha value is -10.1. The molecule has 77 heavy (non-hydrogen) atoms. The number of nitrogens with zero attached hydrogens (tertiary/aromatic N) is 2. The first kappa shape index (κ1) is 56.2. The van der Waals surface area contributed by atoms with Gasteiger partial charge in [0.2, 0.25) is 32.3 Å². The van der Waals surface area contributed by atoms with E-state index in [4.69, 9.17) is 52.1 Å². The predicted molar refractivity (Wildman–Crippen MR) is 277 cm³/mol. The maximum Gasteiger partial charge on any atom is 0.343 e. The molecule has 21 nitrogen and oxygen atoms in total. The van der Waals surface area contributed by atoms with Crippen LogP contribution in [0.5, 0.6) is 28.7 Å². The lowest BCUT2D eigenvalue weighted by molar-refractivity contribution is -0.146. The van der Waals surface area contributed by atoms with Crippen molar-refractivity contribution in [1.29, 1.82) is 0 Å². The summed E-state index contributed by atoms with van der Waals surface area (Å²) in [7, 11) is 0. The standard InChI is InChI=1S/C55H47N3O18S/c1-5-48(59)72-31-68-43-21-18-38(28-45(43)70-33-74-50(61)7-3)53(64)67-25-23-35-13-16-37(17-14-35)52(63)66-26-24-36-15-20-42(40(27-36)30-56-58-55-57-41-11-9-10-12-47(41)77-55)76-54(65)39-19-22-44(69-32-73-49(60)6-2)46(29-39)71-34-75-51(62)8-4/h5-22,27-30H,1-4,23-26,31-34H2,(H,57,58)/b56-30+. The number of hydrogen-bond acceptors (Lipinski definition) is 22. The first-order valence-corrected chi connectivity index (χ1v) is 23.6. The number of fused-ring (bicyclic) bond motifs is 1. The first-order chi connectivity index (χ1) is 37.3. The molecule has 0 bridgehead atoms. The van der Waals surface area contributed by atoms with E-state index < -0.39 is 69.0 Å². The zero-order valence-corrected chi connectivity index (χ0v) is 41.7. The van der Waals surface area contributed by atoms with Crippen LogP contribution in [0, 0.1) is 0 Å². The van der Waals surface area contributed by atoms with E-state index in [0.717, 1.165) is 40.1 Å². The zero-order valence-electron chi connectivity index (χ0n) is 40.8. The molecule has 1 heterocycles. The van der Waals surface area contributed by atoms with E-state index in [1.165, 1.54) is 53.9 Å². The van der Waals surface area contributed by atoms with Crippen LogP contribution in [0.2, 0.25) is 0 Å². The molecule has 1 N–H and O–H groups in total. The Bertz CT molecular complexity index is 3150. The van der Waals surface area contributed by atoms with Crippen molar-refractivity contribution in [2.24, 2.45) is 5.10 Å². The van der Waals surface area contributed by atoms with Crippen LogP contribution < -0.4 is 29.1 Å². The number of nitrogens with one attached hydrogen (secondary N) is 1. The number of esters is 7. The van der Waals surface area contributed by atoms with E-state index in [1.54, 1.807) is 42.5 Å². The fraction of sp³-hybridized carbons (Fsp3) is 0.145. The number of ether oxygens (including phenoxy) is 11. The van der Waals surface area contributed by atoms with Gasteiger partial charge in [0, 0.05) is 42.7 Å². The van der Waals surface area contributed by atoms with Crippen LogP contribution in [0.15, 0.2) is 159 Å². The lowest BCUT2D eigenvalue weighted by Gasteiger charge is -2.14. The molecule has 0 unspecified atom stereocenters. The molecule has 0 saturated carbocycles. The largest absolute Gasteiger partial charge is 0.462 e. The van der Waals surface area contributed by atoms with Crippen molar-refractivity contribution >= 4 is 74.7 Å². The smallest absolute Gasteiger partial charge is 0.343 e. The molecular weight excluding hydrogens is 1020 g/mol. The van der Waals surface area contributed by atoms with Crippen molar-refractivity contribution in [1.82, 2.24) is 4.98 Å². The second-order valence-corrected chi connectivity index (χ2v) is 16.2. The summed E-state index contributed by atoms with van der Waals surface area (Å²) in [6, 6.07) is 27.2. The van der Waals surface area contributed by atoms with Crippen molar-refractivity contribution in [3.8, 4) is 28.7 Å². The molecule has 0 aliphatic rings. The fourth-order valence-corrected chi connectivity index (χ4v) is 7.07. The number of benzene rings is 5. The van der Waals surface area contributed by atoms with Gasteiger partial charge in [-0.2, -0.15) is 5.10 Å². The van der Waals surface area contributed by atoms with Crippen molar-refractivity contribution in [3.05, 3.63) is 187 Å². The van der Waals surface area contributed by atoms with Crippen molar-refractivity contribution in [2.45, 2.75) is 12.8 Å². The summed E-state index contributed by atoms with van der Waals surface area (Å²) in [5, 5.41) is 4.87. The third-order valence-corrected chi connectivity index (χ3v) is 11.0. The number of hydrogen-bond donors (Lipinski definition) is 1. The minimum absolute atomic E-state index is 0.000449. The Balaban J connectivity index is 1.06. The third kappa shape index (κ3) is 17.5. The van der Waals surface area contributed by atoms with Gasteiger partial charge < -0.3 is 52.1 Å². The zero-order chi connectivity index (χ0) is 54.9. The van der Waals surface area contributed by atoms with Crippen LogP contribution in [-0.4, -0.2) is 93.4 Å². The van der Waals surface area contributed by atoms with E-state index in [0.29, 0.717) is 22.7 Å². The van der Waals surface area contributed by atoms with Gasteiger partial charge in [-0.1, -0.05) is 68.0 Å². The topological polar surface area (TPSA) is 258 Å². The van der Waals surface area contributed by atoms with Crippen LogP contribution in [0.25, 0.3) is 10.2 Å². The third-order valence-electron chi connectivity index (χ3n) is 10.1. The van der Waals surface area contributed by atoms with Gasteiger partial charge in [-0.05, 0) is 83.9 Å². The highest BCUT2D eigenvalue weighted by atomic mass is 32.1. The molecule has 0 spiro atoms. The van der Waals surface area contributed by atoms with Gasteiger partial charge in [-0.15, -0.1) is 0 Å². The number of carbonyl (C=O) groups excluding carboxylic acids is 7. The summed E-state index contributed by atoms with van der Waals surface area (Å²) in [5.74, 6) is -4.93. The molecule has 396 valence electrons. The summed E-state index contributed by atoms with van der Waals surface area (Å²) in [6.07, 6.45) is 5.79. The fourth-order valence-electron chi connectivity index (χ4n) is 6.25. The summed E-state index contributed by atoms with van der Waals surface area (Å²) in [5.41, 5.74) is 5.86. The molecule has 0 saturated heterocycles. The van der Waals surface area contributed by atoms with Crippen molar-refractivity contribution in [3.63, 3.8) is 0 Å². The minimum atomic E-state index is -0.821. The van der Waals surface area contributed by atoms with E-state index in [9.17, 15) is 33.6 Å². The molecule has 0 radical (unpaired) electrons. The molecule has 22 heteroatoms. The van der Waals surface area contributed by atoms with Gasteiger partial charge in [0.1, 0.15) is 5.75 Å². The molecular formula is C55H47N3O18S. The maximum atomic E-state index is 13.7. The van der Waals surface area contributed by atoms with Crippen LogP contribution in [0.3, 0.4) is 0 Å². The second kappa shape index (κ2) is 29.0. The van der Waals surface area contributed by atoms with E-state index in [-0.39, 0.29) is 65.1 Å². The molecule has 6 aromatic rings. The van der Waals surface area contributed by atoms with Crippen LogP contribution in [-0.2, 0) is 60.4 Å². The molecule has 6 rings (SSSR count). The van der Waals surface area contributed by atoms with Gasteiger partial charge in [0.25, 0.3) is 0 Å². The van der Waals surface area contributed by atoms with Gasteiger partial charge in [-0.3, -0.25) is 5.43 Å². The van der Waals surface area contributed by atoms with Gasteiger partial charge >= 0.3 is 41.8 Å². The second-order valence-electron chi connectivity index (χ2n) is 15.1. The average Bonchev–Trinajstić information content (AvgIpc) is 3.87. The van der Waals surface area contributed by atoms with E-state index >= 15 is 0 Å². The van der Waals surface area contributed by atoms with E-state index in [2.05, 4.69) is 41.8 Å². The van der Waals surface area contributed by atoms with E-state index in [1.807, 2.05) is 24.3 Å². The number of hydrazone groups is 1. The molecule has 0 atom stereocenters. The summed E-state index contributed by atoms with van der Waals surface area (Å²) in [4.78, 5) is 90.3. The normalized spacial score (nSPS) is 10.5. The quantitative estimate of drug-likeness (QED) is 0.00886. The maximum absolute atomic E-state index is 13.7. The van der Waals surface area contributed by atoms with Gasteiger partial charge in [-0.25, -0.2) is 38.5 Å². The Morgan fingerprint density at radius 3 is 1.48 bits per heavy atom. The molecule has 1 aromatic heterocycles. The summed E-state index contributed by atoms with van der Waals surface area (Å²) in [6.45, 7) is 11.1. The number of aromatic nitrogens is 1. The Labute approximate surface area is 443 Å². The van der Waals surface area contributed by atoms with Crippen molar-refractivity contribution in [2.75, 3.05) is 45.8 Å². The summed E-state index contributed by atoms with van der Waals surface area (Å²) < 4.78 is 59.2. The Kier molecular flexibility index (Phi) is 21.1. The highest BCUT2D eigenvalue weighted by Crippen LogP contribution is 2.32. The molecule has 0 amide bonds. The lowest BCUT2D eigenvalue weighted by Crippen LogP contribution is -2.13. The number of carbonyl (C=O) groups is 7. The van der Waals surface area contributed by atoms with Crippen LogP contribution in [0.1, 0.15) is 47.8 Å². The lowest BCUT2D eigenvalue weighted by atomic mass is 10.1. The highest BCUT2D eigenvalue weighted by Gasteiger charge is 2.19. The van der Waals surface area contributed by atoms with Crippen LogP contribution in [0.4, 0.5) is 5.13 Å². The number of para-hydroxylation sites is 1.